The second-order valence-electron chi connectivity index (χ2n) is 3.31. The highest BCUT2D eigenvalue weighted by Crippen LogP contribution is 2.22. The molecule has 0 bridgehead atoms. The van der Waals surface area contributed by atoms with E-state index in [0.717, 1.165) is 16.6 Å². The summed E-state index contributed by atoms with van der Waals surface area (Å²) in [6.45, 7) is 0.284. The maximum absolute atomic E-state index is 8.17. The maximum atomic E-state index is 8.17. The number of aromatic nitrogens is 2. The summed E-state index contributed by atoms with van der Waals surface area (Å²) in [4.78, 5) is 11.1. The first-order valence-electron chi connectivity index (χ1n) is 4.99. The highest BCUT2D eigenvalue weighted by molar-refractivity contribution is 5.89. The Balaban J connectivity index is 2.47. The molecule has 0 saturated heterocycles. The molecular formula is C11H10N6. The summed E-state index contributed by atoms with van der Waals surface area (Å²) in [7, 11) is 0. The molecule has 6 heteroatoms. The first-order chi connectivity index (χ1) is 8.33. The van der Waals surface area contributed by atoms with Gasteiger partial charge in [0.05, 0.1) is 11.0 Å². The lowest BCUT2D eigenvalue weighted by Gasteiger charge is -2.03. The average Bonchev–Trinajstić information content (AvgIpc) is 2.37. The van der Waals surface area contributed by atoms with Crippen molar-refractivity contribution in [2.24, 2.45) is 5.11 Å². The van der Waals surface area contributed by atoms with Gasteiger partial charge in [0.1, 0.15) is 0 Å². The molecule has 0 spiro atoms. The molecule has 0 aliphatic rings. The van der Waals surface area contributed by atoms with Gasteiger partial charge in [-0.2, -0.15) is 0 Å². The van der Waals surface area contributed by atoms with Crippen LogP contribution in [-0.2, 0) is 0 Å². The highest BCUT2D eigenvalue weighted by Gasteiger charge is 2.03. The molecule has 0 fully saturated rings. The summed E-state index contributed by atoms with van der Waals surface area (Å²) < 4.78 is 0. The maximum Gasteiger partial charge on any atom is 0.0979 e. The Hall–Kier alpha value is -2.59. The first-order valence-corrected chi connectivity index (χ1v) is 4.99. The molecule has 2 aromatic rings. The standard InChI is InChI=1S/C11H10N6/c12-9-3-4-10-11(15-7-6-14-10)8(9)2-1-5-16-17-13/h1-4,6-7H,5,12H2. The molecule has 0 unspecified atom stereocenters. The van der Waals surface area contributed by atoms with E-state index in [4.69, 9.17) is 11.3 Å². The summed E-state index contributed by atoms with van der Waals surface area (Å²) >= 11 is 0. The quantitative estimate of drug-likeness (QED) is 0.376. The summed E-state index contributed by atoms with van der Waals surface area (Å²) in [6.07, 6.45) is 6.78. The Morgan fingerprint density at radius 3 is 3.00 bits per heavy atom. The SMILES string of the molecule is [N-]=[N+]=NCC=Cc1c(N)ccc2nccnc12. The molecule has 0 radical (unpaired) electrons. The number of hydrogen-bond donors (Lipinski definition) is 1. The summed E-state index contributed by atoms with van der Waals surface area (Å²) in [5.74, 6) is 0. The Morgan fingerprint density at radius 2 is 2.18 bits per heavy atom. The van der Waals surface area contributed by atoms with Gasteiger partial charge in [0, 0.05) is 35.1 Å². The molecular weight excluding hydrogens is 216 g/mol. The van der Waals surface area contributed by atoms with Crippen molar-refractivity contribution in [3.63, 3.8) is 0 Å². The predicted molar refractivity (Wildman–Crippen MR) is 67.0 cm³/mol. The van der Waals surface area contributed by atoms with Crippen LogP contribution in [0.3, 0.4) is 0 Å². The fraction of sp³-hybridized carbons (Fsp3) is 0.0909. The van der Waals surface area contributed by atoms with Crippen molar-refractivity contribution in [2.45, 2.75) is 0 Å². The van der Waals surface area contributed by atoms with Gasteiger partial charge in [0.15, 0.2) is 0 Å². The lowest BCUT2D eigenvalue weighted by atomic mass is 10.1. The van der Waals surface area contributed by atoms with Gasteiger partial charge in [-0.3, -0.25) is 9.97 Å². The molecule has 0 aliphatic heterocycles. The molecule has 2 N–H and O–H groups in total. The third kappa shape index (κ3) is 2.32. The van der Waals surface area contributed by atoms with Gasteiger partial charge in [-0.1, -0.05) is 17.3 Å². The Bertz CT molecular complexity index is 612. The molecule has 1 aromatic carbocycles. The zero-order chi connectivity index (χ0) is 12.1. The van der Waals surface area contributed by atoms with E-state index >= 15 is 0 Å². The predicted octanol–water partition coefficient (Wildman–Crippen LogP) is 2.54. The molecule has 0 aliphatic carbocycles. The number of nitrogen functional groups attached to an aromatic ring is 1. The van der Waals surface area contributed by atoms with Crippen LogP contribution in [0.4, 0.5) is 5.69 Å². The molecule has 6 nitrogen and oxygen atoms in total. The molecule has 1 heterocycles. The van der Waals surface area contributed by atoms with Crippen LogP contribution in [0.25, 0.3) is 27.6 Å². The Labute approximate surface area is 97.4 Å². The van der Waals surface area contributed by atoms with E-state index in [0.29, 0.717) is 5.69 Å². The minimum absolute atomic E-state index is 0.284. The van der Waals surface area contributed by atoms with E-state index < -0.39 is 0 Å². The van der Waals surface area contributed by atoms with Gasteiger partial charge in [-0.05, 0) is 17.7 Å². The van der Waals surface area contributed by atoms with Crippen LogP contribution in [0.1, 0.15) is 5.56 Å². The first kappa shape index (κ1) is 10.9. The topological polar surface area (TPSA) is 101 Å². The Kier molecular flexibility index (Phi) is 3.18. The number of nitrogens with two attached hydrogens (primary N) is 1. The summed E-state index contributed by atoms with van der Waals surface area (Å²) in [5.41, 5.74) is 17.0. The third-order valence-electron chi connectivity index (χ3n) is 2.25. The minimum atomic E-state index is 0.284. The van der Waals surface area contributed by atoms with Crippen LogP contribution in [0.5, 0.6) is 0 Å². The number of azide groups is 1. The number of fused-ring (bicyclic) bond motifs is 1. The molecule has 1 aromatic heterocycles. The van der Waals surface area contributed by atoms with Gasteiger partial charge in [0.2, 0.25) is 0 Å². The van der Waals surface area contributed by atoms with Crippen LogP contribution < -0.4 is 5.73 Å². The average molecular weight is 226 g/mol. The minimum Gasteiger partial charge on any atom is -0.398 e. The second kappa shape index (κ2) is 4.96. The zero-order valence-electron chi connectivity index (χ0n) is 8.98. The van der Waals surface area contributed by atoms with Crippen LogP contribution >= 0.6 is 0 Å². The number of benzene rings is 1. The zero-order valence-corrected chi connectivity index (χ0v) is 8.98. The molecule has 0 atom stereocenters. The van der Waals surface area contributed by atoms with Crippen molar-refractivity contribution in [1.29, 1.82) is 0 Å². The van der Waals surface area contributed by atoms with Crippen molar-refractivity contribution in [3.05, 3.63) is 46.6 Å². The van der Waals surface area contributed by atoms with E-state index in [2.05, 4.69) is 20.0 Å². The third-order valence-corrected chi connectivity index (χ3v) is 2.25. The number of hydrogen-bond acceptors (Lipinski definition) is 4. The molecule has 0 amide bonds. The van der Waals surface area contributed by atoms with Crippen LogP contribution in [0.15, 0.2) is 35.7 Å². The molecule has 84 valence electrons. The van der Waals surface area contributed by atoms with E-state index in [-0.39, 0.29) is 6.54 Å². The molecule has 2 rings (SSSR count). The lowest BCUT2D eigenvalue weighted by molar-refractivity contribution is 1.22. The van der Waals surface area contributed by atoms with Gasteiger partial charge >= 0.3 is 0 Å². The van der Waals surface area contributed by atoms with Gasteiger partial charge < -0.3 is 5.73 Å². The van der Waals surface area contributed by atoms with E-state index in [1.54, 1.807) is 30.6 Å². The number of rotatable bonds is 3. The van der Waals surface area contributed by atoms with Gasteiger partial charge in [-0.15, -0.1) is 0 Å². The largest absolute Gasteiger partial charge is 0.398 e. The second-order valence-corrected chi connectivity index (χ2v) is 3.31. The van der Waals surface area contributed by atoms with E-state index in [1.165, 1.54) is 0 Å². The van der Waals surface area contributed by atoms with Crippen LogP contribution in [-0.4, -0.2) is 16.5 Å². The molecule has 17 heavy (non-hydrogen) atoms. The normalized spacial score (nSPS) is 10.6. The van der Waals surface area contributed by atoms with E-state index in [9.17, 15) is 0 Å². The van der Waals surface area contributed by atoms with Crippen LogP contribution in [0.2, 0.25) is 0 Å². The highest BCUT2D eigenvalue weighted by atomic mass is 15.1. The van der Waals surface area contributed by atoms with Crippen molar-refractivity contribution in [1.82, 2.24) is 9.97 Å². The fourth-order valence-electron chi connectivity index (χ4n) is 1.50. The van der Waals surface area contributed by atoms with Gasteiger partial charge in [-0.25, -0.2) is 0 Å². The van der Waals surface area contributed by atoms with Crippen molar-refractivity contribution >= 4 is 22.8 Å². The van der Waals surface area contributed by atoms with Crippen molar-refractivity contribution in [3.8, 4) is 0 Å². The summed E-state index contributed by atoms with van der Waals surface area (Å²) in [5, 5.41) is 3.41. The number of anilines is 1. The van der Waals surface area contributed by atoms with Crippen molar-refractivity contribution < 1.29 is 0 Å². The van der Waals surface area contributed by atoms with Gasteiger partial charge in [0.25, 0.3) is 0 Å². The summed E-state index contributed by atoms with van der Waals surface area (Å²) in [6, 6.07) is 3.60. The van der Waals surface area contributed by atoms with Crippen molar-refractivity contribution in [2.75, 3.05) is 12.3 Å². The van der Waals surface area contributed by atoms with E-state index in [1.807, 2.05) is 6.07 Å². The smallest absolute Gasteiger partial charge is 0.0979 e. The van der Waals surface area contributed by atoms with Crippen LogP contribution in [0, 0.1) is 0 Å². The lowest BCUT2D eigenvalue weighted by Crippen LogP contribution is -1.93. The Morgan fingerprint density at radius 1 is 1.35 bits per heavy atom. The monoisotopic (exact) mass is 226 g/mol. The fourth-order valence-corrected chi connectivity index (χ4v) is 1.50. The molecule has 0 saturated carbocycles. The number of nitrogens with zero attached hydrogens (tertiary/aromatic N) is 5.